The predicted molar refractivity (Wildman–Crippen MR) is 115 cm³/mol. The largest absolute Gasteiger partial charge is 0.295 e. The van der Waals surface area contributed by atoms with E-state index in [0.717, 1.165) is 0 Å². The number of hydrogen-bond donors (Lipinski definition) is 0. The molecule has 29 heavy (non-hydrogen) atoms. The molecule has 0 fully saturated rings. The van der Waals surface area contributed by atoms with Crippen molar-refractivity contribution in [2.45, 2.75) is 45.2 Å². The second-order valence-corrected chi connectivity index (χ2v) is 9.38. The van der Waals surface area contributed by atoms with Gasteiger partial charge in [0.15, 0.2) is 0 Å². The number of hydrogen-bond acceptors (Lipinski definition) is 4. The average molecular weight is 414 g/mol. The summed E-state index contributed by atoms with van der Waals surface area (Å²) in [4.78, 5) is 17.9. The Labute approximate surface area is 171 Å². The molecule has 3 aromatic rings. The van der Waals surface area contributed by atoms with E-state index < -0.39 is 16.1 Å². The molecule has 0 aliphatic heterocycles. The topological polar surface area (TPSA) is 72.3 Å². The molecule has 154 valence electrons. The van der Waals surface area contributed by atoms with Gasteiger partial charge in [-0.05, 0) is 44.0 Å². The molecule has 0 radical (unpaired) electrons. The number of benzene rings is 2. The summed E-state index contributed by atoms with van der Waals surface area (Å²) in [6.45, 7) is 8.35. The van der Waals surface area contributed by atoms with Crippen molar-refractivity contribution in [3.05, 3.63) is 70.8 Å². The summed E-state index contributed by atoms with van der Waals surface area (Å²) in [5, 5.41) is 0.534. The van der Waals surface area contributed by atoms with Crippen LogP contribution in [0.3, 0.4) is 0 Å². The zero-order valence-corrected chi connectivity index (χ0v) is 18.1. The second kappa shape index (κ2) is 8.47. The molecule has 0 amide bonds. The molecule has 0 aliphatic carbocycles. The van der Waals surface area contributed by atoms with Gasteiger partial charge in [-0.2, -0.15) is 4.31 Å². The van der Waals surface area contributed by atoms with Gasteiger partial charge in [0.05, 0.1) is 21.8 Å². The molecule has 2 aromatic carbocycles. The Balaban J connectivity index is 2.19. The molecule has 0 spiro atoms. The minimum Gasteiger partial charge on any atom is -0.295 e. The van der Waals surface area contributed by atoms with E-state index in [1.165, 1.54) is 4.31 Å². The molecule has 6 nitrogen and oxygen atoms in total. The molecule has 0 saturated carbocycles. The molecule has 0 saturated heterocycles. The van der Waals surface area contributed by atoms with E-state index >= 15 is 0 Å². The molecule has 0 bridgehead atoms. The van der Waals surface area contributed by atoms with Crippen molar-refractivity contribution in [3.8, 4) is 0 Å². The van der Waals surface area contributed by atoms with E-state index in [2.05, 4.69) is 0 Å². The SMILES string of the molecule is CCn1c(C(C)N(CC(C)C)S(=O)(=O)c2ccccc2)nc2ccccc2c1=O. The van der Waals surface area contributed by atoms with Gasteiger partial charge in [-0.15, -0.1) is 0 Å². The third kappa shape index (κ3) is 4.11. The van der Waals surface area contributed by atoms with Crippen molar-refractivity contribution in [2.75, 3.05) is 6.54 Å². The van der Waals surface area contributed by atoms with Crippen LogP contribution in [0.15, 0.2) is 64.3 Å². The van der Waals surface area contributed by atoms with E-state index in [-0.39, 0.29) is 16.4 Å². The Bertz CT molecular complexity index is 1150. The zero-order chi connectivity index (χ0) is 21.2. The van der Waals surface area contributed by atoms with E-state index in [4.69, 9.17) is 4.98 Å². The number of nitrogens with zero attached hydrogens (tertiary/aromatic N) is 3. The first kappa shape index (κ1) is 21.2. The van der Waals surface area contributed by atoms with Crippen LogP contribution >= 0.6 is 0 Å². The van der Waals surface area contributed by atoms with Gasteiger partial charge in [0.1, 0.15) is 5.82 Å². The van der Waals surface area contributed by atoms with Gasteiger partial charge < -0.3 is 0 Å². The molecule has 1 atom stereocenters. The van der Waals surface area contributed by atoms with Crippen LogP contribution in [0.2, 0.25) is 0 Å². The Hall–Kier alpha value is -2.51. The van der Waals surface area contributed by atoms with Crippen LogP contribution in [-0.2, 0) is 16.6 Å². The highest BCUT2D eigenvalue weighted by atomic mass is 32.2. The number of rotatable bonds is 7. The smallest absolute Gasteiger partial charge is 0.261 e. The van der Waals surface area contributed by atoms with Crippen LogP contribution in [0, 0.1) is 5.92 Å². The predicted octanol–water partition coefficient (Wildman–Crippen LogP) is 3.82. The lowest BCUT2D eigenvalue weighted by Gasteiger charge is -2.30. The molecular formula is C22H27N3O3S. The molecule has 0 N–H and O–H groups in total. The Kier molecular flexibility index (Phi) is 6.19. The number of aromatic nitrogens is 2. The fraction of sp³-hybridized carbons (Fsp3) is 0.364. The highest BCUT2D eigenvalue weighted by Crippen LogP contribution is 2.28. The van der Waals surface area contributed by atoms with Crippen molar-refractivity contribution >= 4 is 20.9 Å². The molecule has 7 heteroatoms. The number of para-hydroxylation sites is 1. The fourth-order valence-corrected chi connectivity index (χ4v) is 5.27. The van der Waals surface area contributed by atoms with Crippen molar-refractivity contribution < 1.29 is 8.42 Å². The highest BCUT2D eigenvalue weighted by Gasteiger charge is 2.33. The maximum atomic E-state index is 13.4. The second-order valence-electron chi connectivity index (χ2n) is 7.49. The first-order valence-electron chi connectivity index (χ1n) is 9.83. The van der Waals surface area contributed by atoms with E-state index in [9.17, 15) is 13.2 Å². The third-order valence-electron chi connectivity index (χ3n) is 4.91. The van der Waals surface area contributed by atoms with Crippen molar-refractivity contribution in [2.24, 2.45) is 5.92 Å². The van der Waals surface area contributed by atoms with Crippen LogP contribution in [0.1, 0.15) is 39.6 Å². The summed E-state index contributed by atoms with van der Waals surface area (Å²) < 4.78 is 29.9. The van der Waals surface area contributed by atoms with Gasteiger partial charge in [0.2, 0.25) is 10.0 Å². The maximum absolute atomic E-state index is 13.4. The van der Waals surface area contributed by atoms with Gasteiger partial charge >= 0.3 is 0 Å². The van der Waals surface area contributed by atoms with Gasteiger partial charge in [0.25, 0.3) is 5.56 Å². The van der Waals surface area contributed by atoms with Gasteiger partial charge in [-0.3, -0.25) is 9.36 Å². The number of sulfonamides is 1. The monoisotopic (exact) mass is 413 g/mol. The zero-order valence-electron chi connectivity index (χ0n) is 17.2. The number of fused-ring (bicyclic) bond motifs is 1. The summed E-state index contributed by atoms with van der Waals surface area (Å²) in [7, 11) is -3.76. The lowest BCUT2D eigenvalue weighted by molar-refractivity contribution is 0.292. The first-order valence-corrected chi connectivity index (χ1v) is 11.3. The van der Waals surface area contributed by atoms with Crippen molar-refractivity contribution in [1.29, 1.82) is 0 Å². The lowest BCUT2D eigenvalue weighted by atomic mass is 10.2. The molecule has 0 aliphatic rings. The quantitative estimate of drug-likeness (QED) is 0.590. The highest BCUT2D eigenvalue weighted by molar-refractivity contribution is 7.89. The summed E-state index contributed by atoms with van der Waals surface area (Å²) in [6, 6.07) is 15.0. The minimum absolute atomic E-state index is 0.109. The van der Waals surface area contributed by atoms with Crippen LogP contribution in [0.4, 0.5) is 0 Å². The van der Waals surface area contributed by atoms with Gasteiger partial charge in [-0.25, -0.2) is 13.4 Å². The van der Waals surface area contributed by atoms with E-state index in [0.29, 0.717) is 29.8 Å². The van der Waals surface area contributed by atoms with Crippen LogP contribution in [0.5, 0.6) is 0 Å². The average Bonchev–Trinajstić information content (AvgIpc) is 2.72. The van der Waals surface area contributed by atoms with Gasteiger partial charge in [-0.1, -0.05) is 44.2 Å². The van der Waals surface area contributed by atoms with Crippen LogP contribution in [-0.4, -0.2) is 28.8 Å². The summed E-state index contributed by atoms with van der Waals surface area (Å²) in [5.74, 6) is 0.564. The van der Waals surface area contributed by atoms with E-state index in [1.807, 2.05) is 26.8 Å². The fourth-order valence-electron chi connectivity index (χ4n) is 3.49. The maximum Gasteiger partial charge on any atom is 0.261 e. The van der Waals surface area contributed by atoms with Gasteiger partial charge in [0, 0.05) is 13.1 Å². The lowest BCUT2D eigenvalue weighted by Crippen LogP contribution is -2.39. The first-order chi connectivity index (χ1) is 13.8. The minimum atomic E-state index is -3.76. The summed E-state index contributed by atoms with van der Waals surface area (Å²) in [6.07, 6.45) is 0. The molecular weight excluding hydrogens is 386 g/mol. The summed E-state index contributed by atoms with van der Waals surface area (Å²) in [5.41, 5.74) is 0.423. The van der Waals surface area contributed by atoms with Crippen molar-refractivity contribution in [1.82, 2.24) is 13.9 Å². The van der Waals surface area contributed by atoms with Crippen molar-refractivity contribution in [3.63, 3.8) is 0 Å². The molecule has 1 aromatic heterocycles. The Morgan fingerprint density at radius 3 is 2.24 bits per heavy atom. The Morgan fingerprint density at radius 1 is 1.00 bits per heavy atom. The summed E-state index contributed by atoms with van der Waals surface area (Å²) >= 11 is 0. The van der Waals surface area contributed by atoms with Crippen LogP contribution in [0.25, 0.3) is 10.9 Å². The molecule has 1 heterocycles. The standard InChI is InChI=1S/C22H27N3O3S/c1-5-24-21(23-20-14-10-9-13-19(20)22(24)26)17(4)25(15-16(2)3)29(27,28)18-11-7-6-8-12-18/h6-14,16-17H,5,15H2,1-4H3. The molecule has 3 rings (SSSR count). The normalized spacial score (nSPS) is 13.3. The van der Waals surface area contributed by atoms with E-state index in [1.54, 1.807) is 60.0 Å². The molecule has 1 unspecified atom stereocenters. The third-order valence-corrected chi connectivity index (χ3v) is 6.86. The Morgan fingerprint density at radius 2 is 1.62 bits per heavy atom. The van der Waals surface area contributed by atoms with Crippen LogP contribution < -0.4 is 5.56 Å².